The summed E-state index contributed by atoms with van der Waals surface area (Å²) < 4.78 is 33.7. The van der Waals surface area contributed by atoms with Crippen LogP contribution in [0.5, 0.6) is 35.3 Å². The first-order valence-electron chi connectivity index (χ1n) is 9.53. The van der Waals surface area contributed by atoms with Crippen LogP contribution in [0.25, 0.3) is 0 Å². The monoisotopic (exact) mass is 411 g/mol. The molecule has 30 heavy (non-hydrogen) atoms. The van der Waals surface area contributed by atoms with Gasteiger partial charge in [0.15, 0.2) is 0 Å². The summed E-state index contributed by atoms with van der Waals surface area (Å²) in [5, 5.41) is 0. The van der Waals surface area contributed by atoms with Crippen LogP contribution in [-0.4, -0.2) is 54.6 Å². The molecule has 0 N–H and O–H groups in total. The van der Waals surface area contributed by atoms with Crippen LogP contribution < -0.4 is 28.4 Å². The largest absolute Gasteiger partial charge is 0.474 e. The molecule has 4 rings (SSSR count). The molecule has 0 radical (unpaired) electrons. The van der Waals surface area contributed by atoms with Crippen LogP contribution in [0.4, 0.5) is 0 Å². The highest BCUT2D eigenvalue weighted by molar-refractivity contribution is 5.22. The molecule has 3 aromatic rings. The Balaban J connectivity index is 1.44. The summed E-state index contributed by atoms with van der Waals surface area (Å²) in [5.74, 6) is 2.66. The Morgan fingerprint density at radius 2 is 0.567 bits per heavy atom. The minimum absolute atomic E-state index is 0.307. The van der Waals surface area contributed by atoms with Gasteiger partial charge in [0.2, 0.25) is 35.3 Å². The molecule has 0 atom stereocenters. The Hall–Kier alpha value is -3.75. The van der Waals surface area contributed by atoms with Crippen molar-refractivity contribution in [3.63, 3.8) is 0 Å². The van der Waals surface area contributed by atoms with E-state index in [-0.39, 0.29) is 0 Å². The quantitative estimate of drug-likeness (QED) is 0.553. The molecule has 6 bridgehead atoms. The average Bonchev–Trinajstić information content (AvgIpc) is 2.78. The van der Waals surface area contributed by atoms with Crippen molar-refractivity contribution in [2.75, 3.05) is 39.6 Å². The molecule has 0 saturated heterocycles. The van der Waals surface area contributed by atoms with Crippen LogP contribution in [0, 0.1) is 0 Å². The molecular weight excluding hydrogens is 390 g/mol. The molecule has 0 unspecified atom stereocenters. The van der Waals surface area contributed by atoms with Gasteiger partial charge in [-0.25, -0.2) is 0 Å². The zero-order chi connectivity index (χ0) is 20.4. The normalized spacial score (nSPS) is 14.8. The van der Waals surface area contributed by atoms with E-state index in [1.165, 1.54) is 0 Å². The summed E-state index contributed by atoms with van der Waals surface area (Å²) in [6.07, 6.45) is 0. The Kier molecular flexibility index (Phi) is 6.62. The van der Waals surface area contributed by atoms with E-state index in [2.05, 4.69) is 15.0 Å². The van der Waals surface area contributed by atoms with Gasteiger partial charge in [-0.15, -0.1) is 0 Å². The number of pyridine rings is 3. The van der Waals surface area contributed by atoms with Crippen molar-refractivity contribution in [3.05, 3.63) is 54.6 Å². The lowest BCUT2D eigenvalue weighted by Gasteiger charge is -2.10. The predicted octanol–water partition coefficient (Wildman–Crippen LogP) is 2.56. The Bertz CT molecular complexity index is 769. The fourth-order valence-electron chi connectivity index (χ4n) is 2.55. The van der Waals surface area contributed by atoms with Gasteiger partial charge in [0.1, 0.15) is 39.6 Å². The molecule has 156 valence electrons. The Morgan fingerprint density at radius 1 is 0.367 bits per heavy atom. The first-order chi connectivity index (χ1) is 14.8. The van der Waals surface area contributed by atoms with E-state index in [0.717, 1.165) is 0 Å². The molecule has 0 saturated carbocycles. The van der Waals surface area contributed by atoms with Crippen LogP contribution in [0.2, 0.25) is 0 Å². The van der Waals surface area contributed by atoms with Crippen molar-refractivity contribution in [3.8, 4) is 35.3 Å². The molecule has 0 amide bonds. The third-order valence-corrected chi connectivity index (χ3v) is 3.84. The second-order valence-electron chi connectivity index (χ2n) is 6.03. The standard InChI is InChI=1S/C21H21N3O6/c1-4-16-22-17(5-1)26-11-13-28-19-7-3-9-21(24-19)30-15-14-29-20-8-2-6-18(23-20)27-12-10-25-16/h1-9H,10-15H2. The summed E-state index contributed by atoms with van der Waals surface area (Å²) in [4.78, 5) is 12.9. The zero-order valence-corrected chi connectivity index (χ0v) is 16.2. The van der Waals surface area contributed by atoms with Gasteiger partial charge >= 0.3 is 0 Å². The molecule has 0 aliphatic carbocycles. The lowest BCUT2D eigenvalue weighted by molar-refractivity contribution is 0.194. The molecule has 0 aromatic carbocycles. The Labute approximate surface area is 173 Å². The molecule has 0 spiro atoms. The third-order valence-electron chi connectivity index (χ3n) is 3.84. The fraction of sp³-hybridized carbons (Fsp3) is 0.286. The maximum absolute atomic E-state index is 5.61. The van der Waals surface area contributed by atoms with E-state index in [4.69, 9.17) is 28.4 Å². The van der Waals surface area contributed by atoms with E-state index in [1.54, 1.807) is 54.6 Å². The van der Waals surface area contributed by atoms with E-state index < -0.39 is 0 Å². The minimum Gasteiger partial charge on any atom is -0.474 e. The van der Waals surface area contributed by atoms with Gasteiger partial charge in [-0.05, 0) is 0 Å². The predicted molar refractivity (Wildman–Crippen MR) is 106 cm³/mol. The van der Waals surface area contributed by atoms with E-state index >= 15 is 0 Å². The number of rotatable bonds is 0. The first kappa shape index (κ1) is 19.6. The molecule has 9 heteroatoms. The molecule has 1 aliphatic heterocycles. The summed E-state index contributed by atoms with van der Waals surface area (Å²) >= 11 is 0. The van der Waals surface area contributed by atoms with Gasteiger partial charge in [-0.3, -0.25) is 0 Å². The van der Waals surface area contributed by atoms with Crippen molar-refractivity contribution in [1.29, 1.82) is 0 Å². The summed E-state index contributed by atoms with van der Waals surface area (Å²) in [7, 11) is 0. The van der Waals surface area contributed by atoms with E-state index in [9.17, 15) is 0 Å². The average molecular weight is 411 g/mol. The van der Waals surface area contributed by atoms with Gasteiger partial charge in [0, 0.05) is 36.4 Å². The van der Waals surface area contributed by atoms with Crippen molar-refractivity contribution in [1.82, 2.24) is 15.0 Å². The number of nitrogens with zero attached hydrogens (tertiary/aromatic N) is 3. The highest BCUT2D eigenvalue weighted by Crippen LogP contribution is 2.17. The lowest BCUT2D eigenvalue weighted by atomic mass is 10.4. The topological polar surface area (TPSA) is 94.1 Å². The van der Waals surface area contributed by atoms with E-state index in [0.29, 0.717) is 74.9 Å². The first-order valence-corrected chi connectivity index (χ1v) is 9.53. The summed E-state index contributed by atoms with van der Waals surface area (Å²) in [5.41, 5.74) is 0. The van der Waals surface area contributed by atoms with Gasteiger partial charge in [-0.1, -0.05) is 18.2 Å². The van der Waals surface area contributed by atoms with E-state index in [1.807, 2.05) is 0 Å². The number of hydrogen-bond donors (Lipinski definition) is 0. The third kappa shape index (κ3) is 5.87. The maximum atomic E-state index is 5.61. The lowest BCUT2D eigenvalue weighted by Crippen LogP contribution is -2.12. The molecule has 1 aliphatic rings. The van der Waals surface area contributed by atoms with Gasteiger partial charge in [0.05, 0.1) is 0 Å². The summed E-state index contributed by atoms with van der Waals surface area (Å²) in [6, 6.07) is 15.9. The second-order valence-corrected chi connectivity index (χ2v) is 6.03. The van der Waals surface area contributed by atoms with Crippen LogP contribution in [0.3, 0.4) is 0 Å². The van der Waals surface area contributed by atoms with Crippen LogP contribution in [-0.2, 0) is 0 Å². The molecule has 9 nitrogen and oxygen atoms in total. The second kappa shape index (κ2) is 10.1. The minimum atomic E-state index is 0.307. The van der Waals surface area contributed by atoms with Crippen LogP contribution in [0.1, 0.15) is 0 Å². The van der Waals surface area contributed by atoms with Crippen LogP contribution in [0.15, 0.2) is 54.6 Å². The van der Waals surface area contributed by atoms with Crippen molar-refractivity contribution in [2.24, 2.45) is 0 Å². The molecular formula is C21H21N3O6. The molecule has 4 heterocycles. The van der Waals surface area contributed by atoms with Crippen molar-refractivity contribution in [2.45, 2.75) is 0 Å². The number of fused-ring (bicyclic) bond motifs is 6. The summed E-state index contributed by atoms with van der Waals surface area (Å²) in [6.45, 7) is 1.84. The molecule has 0 fully saturated rings. The highest BCUT2D eigenvalue weighted by Gasteiger charge is 2.05. The maximum Gasteiger partial charge on any atom is 0.216 e. The van der Waals surface area contributed by atoms with Gasteiger partial charge in [-0.2, -0.15) is 15.0 Å². The van der Waals surface area contributed by atoms with Crippen molar-refractivity contribution >= 4 is 0 Å². The SMILES string of the molecule is c1cc2nc(c1)OCCOc1cccc(n1)OCCOc1cccc(n1)OCCO2. The Morgan fingerprint density at radius 3 is 0.767 bits per heavy atom. The fourth-order valence-corrected chi connectivity index (χ4v) is 2.55. The number of hydrogen-bond acceptors (Lipinski definition) is 9. The van der Waals surface area contributed by atoms with Gasteiger partial charge in [0.25, 0.3) is 0 Å². The highest BCUT2D eigenvalue weighted by atomic mass is 16.6. The smallest absolute Gasteiger partial charge is 0.216 e. The molecule has 3 aromatic heterocycles. The number of ether oxygens (including phenoxy) is 6. The number of aromatic nitrogens is 3. The van der Waals surface area contributed by atoms with Crippen LogP contribution >= 0.6 is 0 Å². The van der Waals surface area contributed by atoms with Crippen molar-refractivity contribution < 1.29 is 28.4 Å². The van der Waals surface area contributed by atoms with Gasteiger partial charge < -0.3 is 28.4 Å². The zero-order valence-electron chi connectivity index (χ0n) is 16.2.